The highest BCUT2D eigenvalue weighted by molar-refractivity contribution is 8.27. The first-order chi connectivity index (χ1) is 16.3. The molecule has 1 aliphatic rings. The van der Waals surface area contributed by atoms with Gasteiger partial charge in [-0.3, -0.25) is 14.5 Å². The van der Waals surface area contributed by atoms with Gasteiger partial charge in [-0.15, -0.1) is 0 Å². The fourth-order valence-electron chi connectivity index (χ4n) is 3.17. The van der Waals surface area contributed by atoms with Gasteiger partial charge in [0.2, 0.25) is 0 Å². The van der Waals surface area contributed by atoms with E-state index in [1.54, 1.807) is 48.5 Å². The number of nitrogens with zero attached hydrogens (tertiary/aromatic N) is 1. The molecule has 5 nitrogen and oxygen atoms in total. The van der Waals surface area contributed by atoms with Crippen molar-refractivity contribution in [1.29, 1.82) is 0 Å². The Labute approximate surface area is 210 Å². The van der Waals surface area contributed by atoms with Crippen LogP contribution in [0.1, 0.15) is 11.1 Å². The molecule has 0 spiro atoms. The molecule has 0 saturated carbocycles. The van der Waals surface area contributed by atoms with E-state index in [-0.39, 0.29) is 24.2 Å². The van der Waals surface area contributed by atoms with Crippen LogP contribution in [0, 0.1) is 12.7 Å². The number of nitrogens with one attached hydrogen (secondary N) is 1. The Bertz CT molecular complexity index is 1290. The van der Waals surface area contributed by atoms with Crippen LogP contribution >= 0.6 is 35.6 Å². The first kappa shape index (κ1) is 23.9. The highest BCUT2D eigenvalue weighted by atomic mass is 35.5. The lowest BCUT2D eigenvalue weighted by molar-refractivity contribution is -0.118. The van der Waals surface area contributed by atoms with Crippen molar-refractivity contribution in [2.24, 2.45) is 0 Å². The fraction of sp³-hybridized carbons (Fsp3) is 0.0800. The summed E-state index contributed by atoms with van der Waals surface area (Å²) < 4.78 is 19.1. The Morgan fingerprint density at radius 3 is 2.56 bits per heavy atom. The predicted molar refractivity (Wildman–Crippen MR) is 139 cm³/mol. The van der Waals surface area contributed by atoms with Gasteiger partial charge in [0.1, 0.15) is 11.6 Å². The zero-order valence-electron chi connectivity index (χ0n) is 17.9. The predicted octanol–water partition coefficient (Wildman–Crippen LogP) is 6.21. The summed E-state index contributed by atoms with van der Waals surface area (Å²) in [6.45, 7) is 1.66. The third kappa shape index (κ3) is 5.47. The van der Waals surface area contributed by atoms with Crippen molar-refractivity contribution in [2.45, 2.75) is 6.92 Å². The topological polar surface area (TPSA) is 58.6 Å². The molecule has 9 heteroatoms. The number of halogens is 2. The standard InChI is InChI=1S/C25H18ClFN2O3S2/c1-15-20(26)3-2-4-21(15)28-23(30)14-32-19-11-5-16(6-12-19)13-22-24(31)29(25(33)34-22)18-9-7-17(27)8-10-18/h2-13H,14H2,1H3,(H,28,30)/b22-13-. The summed E-state index contributed by atoms with van der Waals surface area (Å²) in [5.74, 6) is -0.452. The van der Waals surface area contributed by atoms with Crippen LogP contribution < -0.4 is 15.0 Å². The average Bonchev–Trinajstić information content (AvgIpc) is 3.10. The first-order valence-electron chi connectivity index (χ1n) is 10.1. The average molecular weight is 513 g/mol. The molecule has 1 aliphatic heterocycles. The molecule has 3 aromatic carbocycles. The Kier molecular flexibility index (Phi) is 7.31. The van der Waals surface area contributed by atoms with E-state index in [1.807, 2.05) is 6.92 Å². The zero-order valence-corrected chi connectivity index (χ0v) is 20.3. The summed E-state index contributed by atoms with van der Waals surface area (Å²) in [5, 5.41) is 3.35. The molecular formula is C25H18ClFN2O3S2. The molecule has 1 N–H and O–H groups in total. The molecule has 0 bridgehead atoms. The lowest BCUT2D eigenvalue weighted by Crippen LogP contribution is -2.27. The van der Waals surface area contributed by atoms with Gasteiger partial charge < -0.3 is 10.1 Å². The second kappa shape index (κ2) is 10.4. The monoisotopic (exact) mass is 512 g/mol. The molecule has 34 heavy (non-hydrogen) atoms. The highest BCUT2D eigenvalue weighted by Crippen LogP contribution is 2.36. The first-order valence-corrected chi connectivity index (χ1v) is 11.7. The third-order valence-electron chi connectivity index (χ3n) is 4.97. The molecular weight excluding hydrogens is 495 g/mol. The van der Waals surface area contributed by atoms with Crippen LogP contribution in [-0.2, 0) is 9.59 Å². The Morgan fingerprint density at radius 1 is 1.15 bits per heavy atom. The van der Waals surface area contributed by atoms with E-state index in [1.165, 1.54) is 40.9 Å². The van der Waals surface area contributed by atoms with Gasteiger partial charge in [0.05, 0.1) is 10.6 Å². The Balaban J connectivity index is 1.37. The zero-order chi connectivity index (χ0) is 24.2. The van der Waals surface area contributed by atoms with Crippen molar-refractivity contribution >= 4 is 69.2 Å². The highest BCUT2D eigenvalue weighted by Gasteiger charge is 2.33. The van der Waals surface area contributed by atoms with Crippen LogP contribution in [0.5, 0.6) is 5.75 Å². The van der Waals surface area contributed by atoms with E-state index in [2.05, 4.69) is 5.32 Å². The number of thioether (sulfide) groups is 1. The number of rotatable bonds is 6. The summed E-state index contributed by atoms with van der Waals surface area (Å²) in [4.78, 5) is 26.9. The van der Waals surface area contributed by atoms with Gasteiger partial charge in [0, 0.05) is 10.7 Å². The number of benzene rings is 3. The Hall–Kier alpha value is -3.20. The second-order valence-corrected chi connectivity index (χ2v) is 9.39. The van der Waals surface area contributed by atoms with Gasteiger partial charge in [0.15, 0.2) is 10.9 Å². The van der Waals surface area contributed by atoms with E-state index in [0.717, 1.165) is 11.1 Å². The van der Waals surface area contributed by atoms with Crippen LogP contribution in [0.15, 0.2) is 71.6 Å². The smallest absolute Gasteiger partial charge is 0.270 e. The largest absolute Gasteiger partial charge is 0.484 e. The van der Waals surface area contributed by atoms with Crippen LogP contribution in [0.2, 0.25) is 5.02 Å². The van der Waals surface area contributed by atoms with Crippen molar-refractivity contribution in [3.05, 3.63) is 93.6 Å². The normalized spacial score (nSPS) is 14.6. The number of carbonyl (C=O) groups is 2. The summed E-state index contributed by atoms with van der Waals surface area (Å²) >= 11 is 12.6. The molecule has 4 rings (SSSR count). The van der Waals surface area contributed by atoms with Crippen molar-refractivity contribution < 1.29 is 18.7 Å². The molecule has 1 saturated heterocycles. The van der Waals surface area contributed by atoms with Crippen molar-refractivity contribution in [2.75, 3.05) is 16.8 Å². The third-order valence-corrected chi connectivity index (χ3v) is 6.68. The number of carbonyl (C=O) groups excluding carboxylic acids is 2. The molecule has 0 aliphatic carbocycles. The lowest BCUT2D eigenvalue weighted by atomic mass is 10.2. The van der Waals surface area contributed by atoms with Gasteiger partial charge in [-0.05, 0) is 72.7 Å². The number of ether oxygens (including phenoxy) is 1. The number of anilines is 2. The quantitative estimate of drug-likeness (QED) is 0.314. The lowest BCUT2D eigenvalue weighted by Gasteiger charge is -2.14. The second-order valence-electron chi connectivity index (χ2n) is 7.31. The van der Waals surface area contributed by atoms with E-state index >= 15 is 0 Å². The number of hydrogen-bond donors (Lipinski definition) is 1. The van der Waals surface area contributed by atoms with Gasteiger partial charge >= 0.3 is 0 Å². The summed E-state index contributed by atoms with van der Waals surface area (Å²) in [6.07, 6.45) is 1.72. The van der Waals surface area contributed by atoms with Crippen LogP contribution in [0.4, 0.5) is 15.8 Å². The molecule has 1 heterocycles. The summed E-state index contributed by atoms with van der Waals surface area (Å²) in [5.41, 5.74) is 2.70. The van der Waals surface area contributed by atoms with Crippen molar-refractivity contribution in [3.8, 4) is 5.75 Å². The molecule has 1 fully saturated rings. The maximum absolute atomic E-state index is 13.2. The van der Waals surface area contributed by atoms with E-state index in [9.17, 15) is 14.0 Å². The molecule has 3 aromatic rings. The van der Waals surface area contributed by atoms with Crippen LogP contribution in [-0.4, -0.2) is 22.7 Å². The van der Waals surface area contributed by atoms with Crippen LogP contribution in [0.3, 0.4) is 0 Å². The van der Waals surface area contributed by atoms with E-state index < -0.39 is 0 Å². The fourth-order valence-corrected chi connectivity index (χ4v) is 4.64. The minimum Gasteiger partial charge on any atom is -0.484 e. The number of hydrogen-bond acceptors (Lipinski definition) is 5. The minimum atomic E-state index is -0.385. The van der Waals surface area contributed by atoms with Gasteiger partial charge in [0.25, 0.3) is 11.8 Å². The maximum Gasteiger partial charge on any atom is 0.270 e. The molecule has 0 radical (unpaired) electrons. The van der Waals surface area contributed by atoms with Crippen molar-refractivity contribution in [1.82, 2.24) is 0 Å². The number of thiocarbonyl (C=S) groups is 1. The SMILES string of the molecule is Cc1c(Cl)cccc1NC(=O)COc1ccc(/C=C2\SC(=S)N(c3ccc(F)cc3)C2=O)cc1. The van der Waals surface area contributed by atoms with Crippen LogP contribution in [0.25, 0.3) is 6.08 Å². The van der Waals surface area contributed by atoms with Crippen molar-refractivity contribution in [3.63, 3.8) is 0 Å². The minimum absolute atomic E-state index is 0.165. The summed E-state index contributed by atoms with van der Waals surface area (Å²) in [7, 11) is 0. The Morgan fingerprint density at radius 2 is 1.85 bits per heavy atom. The summed E-state index contributed by atoms with van der Waals surface area (Å²) in [6, 6.07) is 17.9. The van der Waals surface area contributed by atoms with Gasteiger partial charge in [-0.1, -0.05) is 53.8 Å². The molecule has 0 atom stereocenters. The van der Waals surface area contributed by atoms with E-state index in [4.69, 9.17) is 28.6 Å². The molecule has 172 valence electrons. The molecule has 0 aromatic heterocycles. The van der Waals surface area contributed by atoms with Gasteiger partial charge in [-0.25, -0.2) is 4.39 Å². The van der Waals surface area contributed by atoms with E-state index in [0.29, 0.717) is 31.4 Å². The number of amides is 2. The maximum atomic E-state index is 13.2. The van der Waals surface area contributed by atoms with Gasteiger partial charge in [-0.2, -0.15) is 0 Å². The molecule has 0 unspecified atom stereocenters. The molecule has 2 amide bonds.